The van der Waals surface area contributed by atoms with Crippen molar-refractivity contribution in [3.05, 3.63) is 55.9 Å². The van der Waals surface area contributed by atoms with Gasteiger partial charge in [-0.2, -0.15) is 0 Å². The molecule has 0 atom stereocenters. The van der Waals surface area contributed by atoms with E-state index in [9.17, 15) is 10.1 Å². The molecule has 0 aliphatic heterocycles. The van der Waals surface area contributed by atoms with Crippen LogP contribution in [0.1, 0.15) is 17.1 Å². The molecule has 0 amide bonds. The first kappa shape index (κ1) is 15.6. The summed E-state index contributed by atoms with van der Waals surface area (Å²) in [5, 5.41) is 14.2. The van der Waals surface area contributed by atoms with E-state index in [0.717, 1.165) is 0 Å². The van der Waals surface area contributed by atoms with E-state index in [1.54, 1.807) is 26.0 Å². The standard InChI is InChI=1S/C13H11ClN6O2/c1-7-11(20(21)22)13(18-8(2)17-7)16-6-9-4-5-10(14)19-12(9)15-3/h4-5H,6H2,1-2H3,(H,16,17,18). The van der Waals surface area contributed by atoms with Gasteiger partial charge in [-0.15, -0.1) is 4.98 Å². The zero-order valence-corrected chi connectivity index (χ0v) is 12.5. The maximum atomic E-state index is 11.1. The Morgan fingerprint density at radius 1 is 1.36 bits per heavy atom. The Hall–Kier alpha value is -2.79. The second-order valence-corrected chi connectivity index (χ2v) is 4.78. The van der Waals surface area contributed by atoms with Gasteiger partial charge in [0.15, 0.2) is 0 Å². The van der Waals surface area contributed by atoms with Gasteiger partial charge < -0.3 is 10.2 Å². The maximum Gasteiger partial charge on any atom is 0.332 e. The largest absolute Gasteiger partial charge is 0.361 e. The van der Waals surface area contributed by atoms with E-state index >= 15 is 0 Å². The molecule has 112 valence electrons. The predicted molar refractivity (Wildman–Crippen MR) is 81.0 cm³/mol. The second-order valence-electron chi connectivity index (χ2n) is 4.39. The molecule has 22 heavy (non-hydrogen) atoms. The lowest BCUT2D eigenvalue weighted by atomic mass is 10.2. The van der Waals surface area contributed by atoms with Crippen molar-refractivity contribution in [1.82, 2.24) is 15.0 Å². The molecule has 0 spiro atoms. The average Bonchev–Trinajstić information content (AvgIpc) is 2.44. The van der Waals surface area contributed by atoms with Crippen LogP contribution in [0, 0.1) is 30.5 Å². The highest BCUT2D eigenvalue weighted by molar-refractivity contribution is 6.29. The number of pyridine rings is 1. The molecule has 2 aromatic rings. The lowest BCUT2D eigenvalue weighted by Crippen LogP contribution is -2.09. The molecule has 2 aromatic heterocycles. The van der Waals surface area contributed by atoms with Crippen LogP contribution in [0.25, 0.3) is 4.85 Å². The minimum atomic E-state index is -0.535. The zero-order valence-electron chi connectivity index (χ0n) is 11.8. The molecule has 0 saturated heterocycles. The molecule has 2 rings (SSSR count). The number of nitrogens with zero attached hydrogens (tertiary/aromatic N) is 5. The molecule has 0 unspecified atom stereocenters. The van der Waals surface area contributed by atoms with E-state index in [4.69, 9.17) is 18.2 Å². The van der Waals surface area contributed by atoms with E-state index < -0.39 is 4.92 Å². The van der Waals surface area contributed by atoms with Crippen molar-refractivity contribution in [2.45, 2.75) is 20.4 Å². The third-order valence-corrected chi connectivity index (χ3v) is 3.04. The Labute approximate surface area is 131 Å². The monoisotopic (exact) mass is 318 g/mol. The minimum absolute atomic E-state index is 0.112. The number of aryl methyl sites for hydroxylation is 2. The third-order valence-electron chi connectivity index (χ3n) is 2.83. The number of halogens is 1. The van der Waals surface area contributed by atoms with Crippen molar-refractivity contribution >= 4 is 28.9 Å². The average molecular weight is 319 g/mol. The van der Waals surface area contributed by atoms with Gasteiger partial charge in [-0.3, -0.25) is 10.1 Å². The maximum absolute atomic E-state index is 11.1. The smallest absolute Gasteiger partial charge is 0.332 e. The van der Waals surface area contributed by atoms with Gasteiger partial charge >= 0.3 is 5.69 Å². The Morgan fingerprint density at radius 2 is 2.09 bits per heavy atom. The predicted octanol–water partition coefficient (Wildman–Crippen LogP) is 3.21. The molecule has 0 radical (unpaired) electrons. The summed E-state index contributed by atoms with van der Waals surface area (Å²) >= 11 is 5.74. The minimum Gasteiger partial charge on any atom is -0.361 e. The normalized spacial score (nSPS) is 10.1. The van der Waals surface area contributed by atoms with Gasteiger partial charge in [0.05, 0.1) is 4.92 Å². The van der Waals surface area contributed by atoms with Crippen LogP contribution in [-0.4, -0.2) is 19.9 Å². The van der Waals surface area contributed by atoms with Gasteiger partial charge in [0.2, 0.25) is 11.0 Å². The van der Waals surface area contributed by atoms with Crippen LogP contribution in [0.4, 0.5) is 17.3 Å². The first-order valence-electron chi connectivity index (χ1n) is 6.18. The molecular formula is C13H11ClN6O2. The first-order chi connectivity index (χ1) is 10.4. The van der Waals surface area contributed by atoms with Gasteiger partial charge in [0, 0.05) is 6.54 Å². The van der Waals surface area contributed by atoms with Crippen LogP contribution in [0.5, 0.6) is 0 Å². The molecule has 0 aliphatic carbocycles. The summed E-state index contributed by atoms with van der Waals surface area (Å²) < 4.78 is 0. The SMILES string of the molecule is [C-]#[N+]c1nc(Cl)ccc1CNc1nc(C)nc(C)c1[N+](=O)[O-]. The fourth-order valence-electron chi connectivity index (χ4n) is 1.92. The number of hydrogen-bond donors (Lipinski definition) is 1. The van der Waals surface area contributed by atoms with Crippen LogP contribution in [-0.2, 0) is 6.54 Å². The van der Waals surface area contributed by atoms with Crippen molar-refractivity contribution in [2.24, 2.45) is 0 Å². The van der Waals surface area contributed by atoms with Crippen molar-refractivity contribution in [2.75, 3.05) is 5.32 Å². The molecular weight excluding hydrogens is 308 g/mol. The summed E-state index contributed by atoms with van der Waals surface area (Å²) in [4.78, 5) is 25.8. The highest BCUT2D eigenvalue weighted by Crippen LogP contribution is 2.27. The van der Waals surface area contributed by atoms with Gasteiger partial charge in [-0.1, -0.05) is 12.6 Å². The second kappa shape index (κ2) is 6.32. The zero-order chi connectivity index (χ0) is 16.3. The topological polar surface area (TPSA) is 98.2 Å². The summed E-state index contributed by atoms with van der Waals surface area (Å²) in [6, 6.07) is 3.20. The van der Waals surface area contributed by atoms with E-state index in [2.05, 4.69) is 25.1 Å². The quantitative estimate of drug-likeness (QED) is 0.402. The lowest BCUT2D eigenvalue weighted by molar-refractivity contribution is -0.385. The molecule has 0 aromatic carbocycles. The van der Waals surface area contributed by atoms with E-state index in [0.29, 0.717) is 11.4 Å². The molecule has 9 heteroatoms. The number of nitro groups is 1. The van der Waals surface area contributed by atoms with Crippen molar-refractivity contribution < 1.29 is 4.92 Å². The molecule has 0 aliphatic rings. The van der Waals surface area contributed by atoms with Crippen molar-refractivity contribution in [3.63, 3.8) is 0 Å². The highest BCUT2D eigenvalue weighted by Gasteiger charge is 2.21. The lowest BCUT2D eigenvalue weighted by Gasteiger charge is -2.09. The van der Waals surface area contributed by atoms with Crippen molar-refractivity contribution in [1.29, 1.82) is 0 Å². The van der Waals surface area contributed by atoms with Crippen LogP contribution in [0.3, 0.4) is 0 Å². The Morgan fingerprint density at radius 3 is 2.73 bits per heavy atom. The molecule has 2 heterocycles. The summed E-state index contributed by atoms with van der Waals surface area (Å²) in [6.45, 7) is 10.4. The van der Waals surface area contributed by atoms with Crippen LogP contribution in [0.2, 0.25) is 5.15 Å². The highest BCUT2D eigenvalue weighted by atomic mass is 35.5. The molecule has 1 N–H and O–H groups in total. The van der Waals surface area contributed by atoms with Gasteiger partial charge in [0.25, 0.3) is 5.82 Å². The van der Waals surface area contributed by atoms with Gasteiger partial charge in [0.1, 0.15) is 11.5 Å². The summed E-state index contributed by atoms with van der Waals surface area (Å²) in [6.07, 6.45) is 0. The Bertz CT molecular complexity index is 787. The number of aromatic nitrogens is 3. The van der Waals surface area contributed by atoms with Crippen LogP contribution in [0.15, 0.2) is 12.1 Å². The number of rotatable bonds is 4. The van der Waals surface area contributed by atoms with Crippen molar-refractivity contribution in [3.8, 4) is 0 Å². The molecule has 0 fully saturated rings. The van der Waals surface area contributed by atoms with E-state index in [-0.39, 0.29) is 34.7 Å². The van der Waals surface area contributed by atoms with Crippen LogP contribution < -0.4 is 5.32 Å². The Kier molecular flexibility index (Phi) is 4.48. The number of nitrogens with one attached hydrogen (secondary N) is 1. The molecule has 0 saturated carbocycles. The summed E-state index contributed by atoms with van der Waals surface area (Å²) in [5.41, 5.74) is 0.666. The van der Waals surface area contributed by atoms with E-state index in [1.165, 1.54) is 0 Å². The third kappa shape index (κ3) is 3.27. The fourth-order valence-corrected chi connectivity index (χ4v) is 2.06. The van der Waals surface area contributed by atoms with Crippen LogP contribution >= 0.6 is 11.6 Å². The number of hydrogen-bond acceptors (Lipinski definition) is 6. The molecule has 8 nitrogen and oxygen atoms in total. The summed E-state index contributed by atoms with van der Waals surface area (Å²) in [5.74, 6) is 0.677. The van der Waals surface area contributed by atoms with Gasteiger partial charge in [-0.25, -0.2) is 9.97 Å². The first-order valence-corrected chi connectivity index (χ1v) is 6.56. The van der Waals surface area contributed by atoms with E-state index in [1.807, 2.05) is 0 Å². The summed E-state index contributed by atoms with van der Waals surface area (Å²) in [7, 11) is 0. The Balaban J connectivity index is 2.33. The number of anilines is 1. The van der Waals surface area contributed by atoms with Gasteiger partial charge in [-0.05, 0) is 37.1 Å². The molecule has 0 bridgehead atoms. The fraction of sp³-hybridized carbons (Fsp3) is 0.231.